The third-order valence-electron chi connectivity index (χ3n) is 3.52. The van der Waals surface area contributed by atoms with Crippen molar-refractivity contribution in [2.24, 2.45) is 7.05 Å². The summed E-state index contributed by atoms with van der Waals surface area (Å²) in [7, 11) is 1.70. The Bertz CT molecular complexity index is 654. The molecule has 4 nitrogen and oxygen atoms in total. The summed E-state index contributed by atoms with van der Waals surface area (Å²) in [4.78, 5) is 13.1. The van der Waals surface area contributed by atoms with Crippen LogP contribution < -0.4 is 10.9 Å². The van der Waals surface area contributed by atoms with Gasteiger partial charge in [-0.25, -0.2) is 4.68 Å². The highest BCUT2D eigenvalue weighted by Crippen LogP contribution is 2.28. The molecule has 3 rings (SSSR count). The summed E-state index contributed by atoms with van der Waals surface area (Å²) in [6, 6.07) is 10.5. The van der Waals surface area contributed by atoms with Gasteiger partial charge in [0, 0.05) is 31.0 Å². The van der Waals surface area contributed by atoms with Crippen molar-refractivity contribution in [1.82, 2.24) is 15.1 Å². The molecule has 1 N–H and O–H groups in total. The molecule has 0 fully saturated rings. The summed E-state index contributed by atoms with van der Waals surface area (Å²) in [5.74, 6) is 0.914. The highest BCUT2D eigenvalue weighted by molar-refractivity contribution is 7.99. The number of hydrogen-bond acceptors (Lipinski definition) is 4. The second-order valence-corrected chi connectivity index (χ2v) is 6.01. The molecule has 1 aliphatic rings. The van der Waals surface area contributed by atoms with Crippen molar-refractivity contribution in [2.75, 3.05) is 12.3 Å². The molecule has 5 heteroatoms. The summed E-state index contributed by atoms with van der Waals surface area (Å²) in [6.07, 6.45) is 2.71. The van der Waals surface area contributed by atoms with Gasteiger partial charge in [0.2, 0.25) is 0 Å². The van der Waals surface area contributed by atoms with Crippen LogP contribution in [0.4, 0.5) is 0 Å². The predicted molar refractivity (Wildman–Crippen MR) is 81.1 cm³/mol. The van der Waals surface area contributed by atoms with Crippen molar-refractivity contribution < 1.29 is 0 Å². The first kappa shape index (κ1) is 13.4. The van der Waals surface area contributed by atoms with Crippen molar-refractivity contribution in [3.63, 3.8) is 0 Å². The van der Waals surface area contributed by atoms with E-state index in [4.69, 9.17) is 0 Å². The summed E-state index contributed by atoms with van der Waals surface area (Å²) in [5.41, 5.74) is 2.30. The van der Waals surface area contributed by atoms with E-state index in [1.54, 1.807) is 18.8 Å². The number of aromatic nitrogens is 2. The minimum absolute atomic E-state index is 0.00858. The van der Waals surface area contributed by atoms with Gasteiger partial charge in [-0.1, -0.05) is 30.3 Å². The van der Waals surface area contributed by atoms with Crippen LogP contribution in [0.1, 0.15) is 17.2 Å². The van der Waals surface area contributed by atoms with Crippen molar-refractivity contribution in [3.05, 3.63) is 58.0 Å². The van der Waals surface area contributed by atoms with E-state index in [2.05, 4.69) is 22.5 Å². The molecule has 2 aromatic rings. The summed E-state index contributed by atoms with van der Waals surface area (Å²) >= 11 is 1.63. The zero-order valence-corrected chi connectivity index (χ0v) is 12.2. The molecular weight excluding hydrogens is 270 g/mol. The van der Waals surface area contributed by atoms with Gasteiger partial charge in [0.25, 0.3) is 5.56 Å². The van der Waals surface area contributed by atoms with Crippen molar-refractivity contribution in [3.8, 4) is 0 Å². The SMILES string of the molecule is Cn1ncc2c(c1=O)SCCNC2Cc1ccccc1. The first-order chi connectivity index (χ1) is 9.75. The van der Waals surface area contributed by atoms with Crippen LogP contribution in [0.2, 0.25) is 0 Å². The predicted octanol–water partition coefficient (Wildman–Crippen LogP) is 1.76. The van der Waals surface area contributed by atoms with Gasteiger partial charge in [0.15, 0.2) is 0 Å². The zero-order chi connectivity index (χ0) is 13.9. The van der Waals surface area contributed by atoms with Crippen LogP contribution in [0, 0.1) is 0 Å². The van der Waals surface area contributed by atoms with Gasteiger partial charge in [0.05, 0.1) is 11.1 Å². The van der Waals surface area contributed by atoms with Crippen LogP contribution in [-0.2, 0) is 13.5 Å². The first-order valence-electron chi connectivity index (χ1n) is 6.72. The van der Waals surface area contributed by atoms with E-state index in [1.807, 2.05) is 24.4 Å². The van der Waals surface area contributed by atoms with Crippen LogP contribution in [0.15, 0.2) is 46.2 Å². The van der Waals surface area contributed by atoms with Gasteiger partial charge in [0.1, 0.15) is 0 Å². The second kappa shape index (κ2) is 5.81. The number of hydrogen-bond donors (Lipinski definition) is 1. The molecule has 0 saturated heterocycles. The fourth-order valence-corrected chi connectivity index (χ4v) is 3.49. The number of benzene rings is 1. The average Bonchev–Trinajstić information content (AvgIpc) is 2.67. The zero-order valence-electron chi connectivity index (χ0n) is 11.4. The maximum absolute atomic E-state index is 12.2. The minimum atomic E-state index is 0.00858. The number of aryl methyl sites for hydroxylation is 1. The van der Waals surface area contributed by atoms with E-state index in [-0.39, 0.29) is 11.6 Å². The molecule has 1 aliphatic heterocycles. The highest BCUT2D eigenvalue weighted by Gasteiger charge is 2.22. The van der Waals surface area contributed by atoms with Crippen molar-refractivity contribution >= 4 is 11.8 Å². The molecule has 2 heterocycles. The summed E-state index contributed by atoms with van der Waals surface area (Å²) in [6.45, 7) is 0.903. The van der Waals surface area contributed by atoms with Crippen LogP contribution in [0.3, 0.4) is 0 Å². The molecule has 104 valence electrons. The Balaban J connectivity index is 1.98. The van der Waals surface area contributed by atoms with Gasteiger partial charge < -0.3 is 5.32 Å². The Kier molecular flexibility index (Phi) is 3.89. The molecule has 0 amide bonds. The molecule has 0 bridgehead atoms. The minimum Gasteiger partial charge on any atom is -0.309 e. The Labute approximate surface area is 122 Å². The normalized spacial score (nSPS) is 18.4. The molecule has 0 aliphatic carbocycles. The highest BCUT2D eigenvalue weighted by atomic mass is 32.2. The lowest BCUT2D eigenvalue weighted by atomic mass is 10.0. The largest absolute Gasteiger partial charge is 0.309 e. The quantitative estimate of drug-likeness (QED) is 0.914. The molecule has 20 heavy (non-hydrogen) atoms. The topological polar surface area (TPSA) is 46.9 Å². The molecular formula is C15H17N3OS. The molecule has 0 spiro atoms. The fourth-order valence-electron chi connectivity index (χ4n) is 2.45. The third kappa shape index (κ3) is 2.64. The summed E-state index contributed by atoms with van der Waals surface area (Å²) < 4.78 is 1.41. The molecule has 1 aromatic carbocycles. The van der Waals surface area contributed by atoms with Crippen molar-refractivity contribution in [1.29, 1.82) is 0 Å². The van der Waals surface area contributed by atoms with E-state index in [9.17, 15) is 4.79 Å². The Morgan fingerprint density at radius 3 is 3.00 bits per heavy atom. The van der Waals surface area contributed by atoms with E-state index in [0.717, 1.165) is 29.2 Å². The lowest BCUT2D eigenvalue weighted by Crippen LogP contribution is -2.27. The van der Waals surface area contributed by atoms with Gasteiger partial charge in [-0.2, -0.15) is 5.10 Å². The lowest BCUT2D eigenvalue weighted by Gasteiger charge is -2.18. The number of rotatable bonds is 2. The number of fused-ring (bicyclic) bond motifs is 1. The average molecular weight is 287 g/mol. The van der Waals surface area contributed by atoms with Crippen LogP contribution >= 0.6 is 11.8 Å². The van der Waals surface area contributed by atoms with Crippen LogP contribution in [-0.4, -0.2) is 22.1 Å². The van der Waals surface area contributed by atoms with Gasteiger partial charge in [-0.3, -0.25) is 4.79 Å². The molecule has 1 aromatic heterocycles. The monoisotopic (exact) mass is 287 g/mol. The fraction of sp³-hybridized carbons (Fsp3) is 0.333. The van der Waals surface area contributed by atoms with Gasteiger partial charge in [-0.05, 0) is 12.0 Å². The smallest absolute Gasteiger partial charge is 0.280 e. The molecule has 0 radical (unpaired) electrons. The second-order valence-electron chi connectivity index (χ2n) is 4.90. The Morgan fingerprint density at radius 2 is 2.20 bits per heavy atom. The third-order valence-corrected chi connectivity index (χ3v) is 4.62. The van der Waals surface area contributed by atoms with E-state index in [1.165, 1.54) is 10.2 Å². The van der Waals surface area contributed by atoms with Gasteiger partial charge in [-0.15, -0.1) is 11.8 Å². The summed E-state index contributed by atoms with van der Waals surface area (Å²) in [5, 5.41) is 7.70. The van der Waals surface area contributed by atoms with Crippen LogP contribution in [0.25, 0.3) is 0 Å². The number of nitrogens with zero attached hydrogens (tertiary/aromatic N) is 2. The standard InChI is InChI=1S/C15H17N3OS/c1-18-15(19)14-12(10-17-18)13(16-7-8-20-14)9-11-5-3-2-4-6-11/h2-6,10,13,16H,7-9H2,1H3. The van der Waals surface area contributed by atoms with E-state index in [0.29, 0.717) is 0 Å². The first-order valence-corrected chi connectivity index (χ1v) is 7.70. The van der Waals surface area contributed by atoms with Gasteiger partial charge >= 0.3 is 0 Å². The van der Waals surface area contributed by atoms with Crippen molar-refractivity contribution in [2.45, 2.75) is 17.4 Å². The molecule has 1 unspecified atom stereocenters. The lowest BCUT2D eigenvalue weighted by molar-refractivity contribution is 0.537. The maximum Gasteiger partial charge on any atom is 0.280 e. The van der Waals surface area contributed by atoms with E-state index < -0.39 is 0 Å². The Morgan fingerprint density at radius 1 is 1.40 bits per heavy atom. The molecule has 0 saturated carbocycles. The Hall–Kier alpha value is -1.59. The van der Waals surface area contributed by atoms with E-state index >= 15 is 0 Å². The maximum atomic E-state index is 12.2. The number of thioether (sulfide) groups is 1. The number of nitrogens with one attached hydrogen (secondary N) is 1. The molecule has 1 atom stereocenters. The van der Waals surface area contributed by atoms with Crippen LogP contribution in [0.5, 0.6) is 0 Å².